The summed E-state index contributed by atoms with van der Waals surface area (Å²) in [6.07, 6.45) is 0.554. The highest BCUT2D eigenvalue weighted by Crippen LogP contribution is 2.18. The Morgan fingerprint density at radius 1 is 1.15 bits per heavy atom. The minimum Gasteiger partial charge on any atom is -0.461 e. The third-order valence-corrected chi connectivity index (χ3v) is 5.05. The van der Waals surface area contributed by atoms with Gasteiger partial charge in [-0.3, -0.25) is 20.2 Å². The first-order valence-corrected chi connectivity index (χ1v) is 9.33. The van der Waals surface area contributed by atoms with Crippen LogP contribution in [0.1, 0.15) is 45.2 Å². The maximum atomic E-state index is 12.9. The number of benzene rings is 1. The minimum atomic E-state index is -0.722. The summed E-state index contributed by atoms with van der Waals surface area (Å²) < 4.78 is 5.47. The zero-order chi connectivity index (χ0) is 19.4. The summed E-state index contributed by atoms with van der Waals surface area (Å²) in [4.78, 5) is 25.5. The Morgan fingerprint density at radius 2 is 1.77 bits per heavy atom. The molecule has 5 unspecified atom stereocenters. The van der Waals surface area contributed by atoms with Gasteiger partial charge in [0.1, 0.15) is 12.1 Å². The van der Waals surface area contributed by atoms with Crippen molar-refractivity contribution in [3.8, 4) is 0 Å². The molecule has 0 aliphatic carbocycles. The Morgan fingerprint density at radius 3 is 2.38 bits per heavy atom. The Labute approximate surface area is 156 Å². The molecule has 3 N–H and O–H groups in total. The lowest BCUT2D eigenvalue weighted by Crippen LogP contribution is -2.69. The van der Waals surface area contributed by atoms with Crippen LogP contribution in [0.5, 0.6) is 0 Å². The van der Waals surface area contributed by atoms with E-state index < -0.39 is 18.1 Å². The van der Waals surface area contributed by atoms with Crippen LogP contribution in [-0.2, 0) is 14.3 Å². The number of nitrogens with one attached hydrogen (secondary N) is 3. The summed E-state index contributed by atoms with van der Waals surface area (Å²) in [5.41, 5.74) is 2.81. The highest BCUT2D eigenvalue weighted by atomic mass is 16.5. The second-order valence-corrected chi connectivity index (χ2v) is 7.33. The maximum absolute atomic E-state index is 12.9. The Balaban J connectivity index is 2.19. The molecule has 0 saturated carbocycles. The Hall–Kier alpha value is -1.92. The zero-order valence-electron chi connectivity index (χ0n) is 16.6. The van der Waals surface area contributed by atoms with E-state index >= 15 is 0 Å². The quantitative estimate of drug-likeness (QED) is 0.701. The number of piperazine rings is 1. The smallest absolute Gasteiger partial charge is 0.325 e. The number of rotatable bonds is 5. The van der Waals surface area contributed by atoms with Gasteiger partial charge < -0.3 is 10.1 Å². The summed E-state index contributed by atoms with van der Waals surface area (Å²) in [5.74, 6) is -0.636. The number of hydrogen-bond acceptors (Lipinski definition) is 5. The molecule has 1 fully saturated rings. The van der Waals surface area contributed by atoms with Crippen LogP contribution >= 0.6 is 0 Å². The van der Waals surface area contributed by atoms with Gasteiger partial charge in [-0.05, 0) is 58.2 Å². The molecule has 0 aromatic heterocycles. The van der Waals surface area contributed by atoms with E-state index in [1.807, 2.05) is 59.7 Å². The molecule has 1 aliphatic rings. The van der Waals surface area contributed by atoms with Crippen molar-refractivity contribution in [2.45, 2.75) is 78.2 Å². The molecular weight excluding hydrogens is 330 g/mol. The van der Waals surface area contributed by atoms with Crippen LogP contribution in [0.25, 0.3) is 0 Å². The molecule has 1 heterocycles. The minimum absolute atomic E-state index is 0.0502. The second-order valence-electron chi connectivity index (χ2n) is 7.33. The van der Waals surface area contributed by atoms with E-state index in [2.05, 4.69) is 16.0 Å². The molecule has 0 radical (unpaired) electrons. The van der Waals surface area contributed by atoms with Gasteiger partial charge in [-0.2, -0.15) is 0 Å². The molecule has 26 heavy (non-hydrogen) atoms. The largest absolute Gasteiger partial charge is 0.461 e. The Bertz CT molecular complexity index is 662. The highest BCUT2D eigenvalue weighted by Gasteiger charge is 2.41. The summed E-state index contributed by atoms with van der Waals surface area (Å²) in [5, 5.41) is 9.47. The SMILES string of the molecule is CCC(C)OC(=O)C1NC(C)C(C)NC1C(=O)Nc1cc(C)ccc1C. The van der Waals surface area contributed by atoms with E-state index in [1.165, 1.54) is 0 Å². The van der Waals surface area contributed by atoms with Crippen molar-refractivity contribution < 1.29 is 14.3 Å². The molecule has 144 valence electrons. The number of ether oxygens (including phenoxy) is 1. The predicted molar refractivity (Wildman–Crippen MR) is 103 cm³/mol. The molecule has 1 aliphatic heterocycles. The molecular formula is C20H31N3O3. The van der Waals surface area contributed by atoms with Crippen LogP contribution in [0.2, 0.25) is 0 Å². The summed E-state index contributed by atoms with van der Waals surface area (Å²) in [6.45, 7) is 11.7. The molecule has 6 nitrogen and oxygen atoms in total. The average Bonchev–Trinajstić information content (AvgIpc) is 2.59. The third-order valence-electron chi connectivity index (χ3n) is 5.05. The van der Waals surface area contributed by atoms with Crippen LogP contribution < -0.4 is 16.0 Å². The van der Waals surface area contributed by atoms with Crippen LogP contribution in [0.3, 0.4) is 0 Å². The standard InChI is InChI=1S/C20H31N3O3/c1-7-13(4)26-20(25)18-17(21-14(5)15(6)22-18)19(24)23-16-10-11(2)8-9-12(16)3/h8-10,13-15,17-18,21-22H,7H2,1-6H3,(H,23,24). The van der Waals surface area contributed by atoms with E-state index in [9.17, 15) is 9.59 Å². The van der Waals surface area contributed by atoms with Crippen molar-refractivity contribution in [3.05, 3.63) is 29.3 Å². The summed E-state index contributed by atoms with van der Waals surface area (Å²) >= 11 is 0. The normalized spacial score (nSPS) is 26.8. The van der Waals surface area contributed by atoms with Crippen molar-refractivity contribution in [1.82, 2.24) is 10.6 Å². The number of esters is 1. The van der Waals surface area contributed by atoms with Crippen LogP contribution in [0.15, 0.2) is 18.2 Å². The molecule has 2 rings (SSSR count). The lowest BCUT2D eigenvalue weighted by molar-refractivity contribution is -0.154. The first-order valence-electron chi connectivity index (χ1n) is 9.33. The number of anilines is 1. The fourth-order valence-electron chi connectivity index (χ4n) is 2.91. The number of amides is 1. The number of hydrogen-bond donors (Lipinski definition) is 3. The van der Waals surface area contributed by atoms with Gasteiger partial charge in [0.15, 0.2) is 0 Å². The highest BCUT2D eigenvalue weighted by molar-refractivity contribution is 5.99. The molecule has 1 aromatic carbocycles. The zero-order valence-corrected chi connectivity index (χ0v) is 16.6. The van der Waals surface area contributed by atoms with E-state index in [4.69, 9.17) is 4.74 Å². The summed E-state index contributed by atoms with van der Waals surface area (Å²) in [7, 11) is 0. The summed E-state index contributed by atoms with van der Waals surface area (Å²) in [6, 6.07) is 4.59. The van der Waals surface area contributed by atoms with E-state index in [-0.39, 0.29) is 24.1 Å². The molecule has 1 saturated heterocycles. The van der Waals surface area contributed by atoms with Crippen LogP contribution in [0.4, 0.5) is 5.69 Å². The van der Waals surface area contributed by atoms with E-state index in [0.29, 0.717) is 0 Å². The monoisotopic (exact) mass is 361 g/mol. The fraction of sp³-hybridized carbons (Fsp3) is 0.600. The maximum Gasteiger partial charge on any atom is 0.325 e. The molecule has 5 atom stereocenters. The van der Waals surface area contributed by atoms with Crippen LogP contribution in [0, 0.1) is 13.8 Å². The van der Waals surface area contributed by atoms with Crippen molar-refractivity contribution >= 4 is 17.6 Å². The molecule has 0 bridgehead atoms. The van der Waals surface area contributed by atoms with E-state index in [1.54, 1.807) is 0 Å². The van der Waals surface area contributed by atoms with Gasteiger partial charge in [0, 0.05) is 17.8 Å². The number of aryl methyl sites for hydroxylation is 2. The van der Waals surface area contributed by atoms with Crippen molar-refractivity contribution in [2.75, 3.05) is 5.32 Å². The lowest BCUT2D eigenvalue weighted by Gasteiger charge is -2.39. The van der Waals surface area contributed by atoms with E-state index in [0.717, 1.165) is 23.2 Å². The topological polar surface area (TPSA) is 79.5 Å². The van der Waals surface area contributed by atoms with Crippen molar-refractivity contribution in [2.24, 2.45) is 0 Å². The molecule has 0 spiro atoms. The van der Waals surface area contributed by atoms with Gasteiger partial charge in [-0.1, -0.05) is 19.1 Å². The molecule has 1 amide bonds. The van der Waals surface area contributed by atoms with Gasteiger partial charge >= 0.3 is 5.97 Å². The molecule has 6 heteroatoms. The molecule has 1 aromatic rings. The van der Waals surface area contributed by atoms with Gasteiger partial charge in [0.2, 0.25) is 5.91 Å². The Kier molecular flexibility index (Phi) is 6.78. The second kappa shape index (κ2) is 8.64. The van der Waals surface area contributed by atoms with Crippen LogP contribution in [-0.4, -0.2) is 42.1 Å². The predicted octanol–water partition coefficient (Wildman–Crippen LogP) is 2.29. The average molecular weight is 361 g/mol. The van der Waals surface area contributed by atoms with Gasteiger partial charge in [-0.25, -0.2) is 0 Å². The van der Waals surface area contributed by atoms with Gasteiger partial charge in [0.05, 0.1) is 6.10 Å². The van der Waals surface area contributed by atoms with Crippen molar-refractivity contribution in [1.29, 1.82) is 0 Å². The number of carbonyl (C=O) groups excluding carboxylic acids is 2. The lowest BCUT2D eigenvalue weighted by atomic mass is 9.97. The van der Waals surface area contributed by atoms with Gasteiger partial charge in [0.25, 0.3) is 0 Å². The van der Waals surface area contributed by atoms with Crippen molar-refractivity contribution in [3.63, 3.8) is 0 Å². The van der Waals surface area contributed by atoms with Gasteiger partial charge in [-0.15, -0.1) is 0 Å². The third kappa shape index (κ3) is 4.83. The first kappa shape index (κ1) is 20.4. The number of carbonyl (C=O) groups is 2. The first-order chi connectivity index (χ1) is 12.2. The fourth-order valence-corrected chi connectivity index (χ4v) is 2.91.